The summed E-state index contributed by atoms with van der Waals surface area (Å²) < 4.78 is 0. The van der Waals surface area contributed by atoms with E-state index >= 15 is 0 Å². The molecular weight excluding hydrogens is 264 g/mol. The van der Waals surface area contributed by atoms with Gasteiger partial charge in [-0.25, -0.2) is 4.98 Å². The van der Waals surface area contributed by atoms with E-state index in [0.29, 0.717) is 10.8 Å². The van der Waals surface area contributed by atoms with Gasteiger partial charge in [0.05, 0.1) is 10.3 Å². The molecule has 0 unspecified atom stereocenters. The lowest BCUT2D eigenvalue weighted by Crippen LogP contribution is -2.30. The van der Waals surface area contributed by atoms with Crippen LogP contribution in [-0.4, -0.2) is 33.4 Å². The fourth-order valence-corrected chi connectivity index (χ4v) is 4.04. The minimum absolute atomic E-state index is 0.00204. The van der Waals surface area contributed by atoms with Crippen molar-refractivity contribution in [3.63, 3.8) is 0 Å². The minimum Gasteiger partial charge on any atom is -0.308 e. The number of rotatable bonds is 2. The molecule has 1 N–H and O–H groups in total. The zero-order chi connectivity index (χ0) is 11.4. The summed E-state index contributed by atoms with van der Waals surface area (Å²) in [4.78, 5) is 15.9. The van der Waals surface area contributed by atoms with Crippen molar-refractivity contribution in [2.45, 2.75) is 5.25 Å². The zero-order valence-corrected chi connectivity index (χ0v) is 10.9. The molecule has 16 heavy (non-hydrogen) atoms. The molecule has 86 valence electrons. The normalized spacial score (nSPS) is 20.4. The van der Waals surface area contributed by atoms with E-state index < -0.39 is 0 Å². The maximum Gasteiger partial charge on any atom is 0.239 e. The average Bonchev–Trinajstić information content (AvgIpc) is 2.33. The second-order valence-electron chi connectivity index (χ2n) is 3.26. The first-order chi connectivity index (χ1) is 7.77. The van der Waals surface area contributed by atoms with Crippen LogP contribution in [0.15, 0.2) is 18.3 Å². The van der Waals surface area contributed by atoms with E-state index in [1.54, 1.807) is 30.1 Å². The van der Waals surface area contributed by atoms with Gasteiger partial charge < -0.3 is 5.32 Å². The summed E-state index contributed by atoms with van der Waals surface area (Å²) in [5.74, 6) is 3.46. The molecular formula is C10H11ClN2OS2. The Morgan fingerprint density at radius 2 is 2.44 bits per heavy atom. The van der Waals surface area contributed by atoms with E-state index in [-0.39, 0.29) is 11.2 Å². The van der Waals surface area contributed by atoms with E-state index in [2.05, 4.69) is 10.3 Å². The van der Waals surface area contributed by atoms with Crippen molar-refractivity contribution >= 4 is 46.8 Å². The number of pyridine rings is 1. The van der Waals surface area contributed by atoms with Gasteiger partial charge in [0.15, 0.2) is 5.82 Å². The Balaban J connectivity index is 1.99. The summed E-state index contributed by atoms with van der Waals surface area (Å²) in [7, 11) is 0. The molecule has 0 bridgehead atoms. The maximum atomic E-state index is 11.9. The lowest BCUT2D eigenvalue weighted by Gasteiger charge is -2.20. The van der Waals surface area contributed by atoms with Gasteiger partial charge in [0.25, 0.3) is 0 Å². The third-order valence-electron chi connectivity index (χ3n) is 2.11. The lowest BCUT2D eigenvalue weighted by atomic mass is 10.4. The first kappa shape index (κ1) is 12.1. The van der Waals surface area contributed by atoms with Crippen molar-refractivity contribution in [2.24, 2.45) is 0 Å². The Morgan fingerprint density at radius 1 is 1.56 bits per heavy atom. The molecule has 1 aliphatic rings. The molecule has 3 nitrogen and oxygen atoms in total. The number of thioether (sulfide) groups is 2. The highest BCUT2D eigenvalue weighted by Crippen LogP contribution is 2.26. The number of halogens is 1. The fraction of sp³-hybridized carbons (Fsp3) is 0.400. The van der Waals surface area contributed by atoms with E-state index in [1.165, 1.54) is 0 Å². The lowest BCUT2D eigenvalue weighted by molar-refractivity contribution is -0.115. The smallest absolute Gasteiger partial charge is 0.239 e. The van der Waals surface area contributed by atoms with Gasteiger partial charge in [-0.1, -0.05) is 11.6 Å². The molecule has 0 radical (unpaired) electrons. The van der Waals surface area contributed by atoms with Crippen molar-refractivity contribution < 1.29 is 4.79 Å². The van der Waals surface area contributed by atoms with Crippen LogP contribution in [0.3, 0.4) is 0 Å². The van der Waals surface area contributed by atoms with Crippen molar-refractivity contribution in [3.05, 3.63) is 23.4 Å². The molecule has 1 aliphatic heterocycles. The number of aromatic nitrogens is 1. The van der Waals surface area contributed by atoms with Gasteiger partial charge in [-0.05, 0) is 12.1 Å². The molecule has 6 heteroatoms. The fourth-order valence-electron chi connectivity index (χ4n) is 1.31. The van der Waals surface area contributed by atoms with Crippen LogP contribution in [-0.2, 0) is 4.79 Å². The third-order valence-corrected chi connectivity index (χ3v) is 5.17. The van der Waals surface area contributed by atoms with Gasteiger partial charge in [-0.2, -0.15) is 11.8 Å². The van der Waals surface area contributed by atoms with Crippen LogP contribution in [0.25, 0.3) is 0 Å². The highest BCUT2D eigenvalue weighted by molar-refractivity contribution is 8.07. The van der Waals surface area contributed by atoms with Crippen LogP contribution in [0.1, 0.15) is 0 Å². The average molecular weight is 275 g/mol. The van der Waals surface area contributed by atoms with E-state index in [4.69, 9.17) is 11.6 Å². The molecule has 0 aromatic carbocycles. The number of carbonyl (C=O) groups excluding carboxylic acids is 1. The topological polar surface area (TPSA) is 42.0 Å². The Kier molecular flexibility index (Phi) is 4.37. The SMILES string of the molecule is O=C(Nc1ncccc1Cl)[C@H]1CSCCS1. The van der Waals surface area contributed by atoms with Crippen LogP contribution in [0, 0.1) is 0 Å². The first-order valence-electron chi connectivity index (χ1n) is 4.88. The first-order valence-corrected chi connectivity index (χ1v) is 7.46. The van der Waals surface area contributed by atoms with E-state index in [0.717, 1.165) is 17.3 Å². The Bertz CT molecular complexity index is 383. The van der Waals surface area contributed by atoms with Crippen LogP contribution in [0.2, 0.25) is 5.02 Å². The summed E-state index contributed by atoms with van der Waals surface area (Å²) in [5.41, 5.74) is 0. The van der Waals surface area contributed by atoms with Crippen molar-refractivity contribution in [1.82, 2.24) is 4.98 Å². The monoisotopic (exact) mass is 274 g/mol. The second-order valence-corrected chi connectivity index (χ2v) is 6.13. The largest absolute Gasteiger partial charge is 0.308 e. The minimum atomic E-state index is -0.00204. The molecule has 0 saturated carbocycles. The third kappa shape index (κ3) is 3.06. The summed E-state index contributed by atoms with van der Waals surface area (Å²) in [5, 5.41) is 3.25. The number of anilines is 1. The number of nitrogens with zero attached hydrogens (tertiary/aromatic N) is 1. The van der Waals surface area contributed by atoms with Gasteiger partial charge in [0.1, 0.15) is 0 Å². The van der Waals surface area contributed by atoms with Gasteiger partial charge in [0, 0.05) is 23.5 Å². The molecule has 1 aromatic rings. The van der Waals surface area contributed by atoms with Crippen molar-refractivity contribution in [3.8, 4) is 0 Å². The summed E-state index contributed by atoms with van der Waals surface area (Å²) in [6.07, 6.45) is 1.62. The zero-order valence-electron chi connectivity index (χ0n) is 8.48. The Morgan fingerprint density at radius 3 is 3.12 bits per heavy atom. The van der Waals surface area contributed by atoms with Gasteiger partial charge in [0.2, 0.25) is 5.91 Å². The molecule has 1 amide bonds. The highest BCUT2D eigenvalue weighted by Gasteiger charge is 2.22. The highest BCUT2D eigenvalue weighted by atomic mass is 35.5. The van der Waals surface area contributed by atoms with E-state index in [9.17, 15) is 4.79 Å². The standard InChI is InChI=1S/C10H11ClN2OS2/c11-7-2-1-3-12-9(7)13-10(14)8-6-15-4-5-16-8/h1-3,8H,4-6H2,(H,12,13,14)/t8-/m1/s1. The van der Waals surface area contributed by atoms with E-state index in [1.807, 2.05) is 11.8 Å². The predicted molar refractivity (Wildman–Crippen MR) is 71.4 cm³/mol. The number of hydrogen-bond acceptors (Lipinski definition) is 4. The molecule has 1 atom stereocenters. The summed E-state index contributed by atoms with van der Waals surface area (Å²) >= 11 is 9.42. The number of carbonyl (C=O) groups is 1. The summed E-state index contributed by atoms with van der Waals surface area (Å²) in [6.45, 7) is 0. The molecule has 1 aromatic heterocycles. The molecule has 1 saturated heterocycles. The molecule has 1 fully saturated rings. The quantitative estimate of drug-likeness (QED) is 0.900. The number of hydrogen-bond donors (Lipinski definition) is 1. The predicted octanol–water partition coefficient (Wildman–Crippen LogP) is 2.52. The van der Waals surface area contributed by atoms with Crippen LogP contribution in [0.5, 0.6) is 0 Å². The molecule has 2 heterocycles. The van der Waals surface area contributed by atoms with Gasteiger partial charge in [-0.15, -0.1) is 11.8 Å². The molecule has 2 rings (SSSR count). The number of nitrogens with one attached hydrogen (secondary N) is 1. The number of amides is 1. The van der Waals surface area contributed by atoms with Gasteiger partial charge in [-0.3, -0.25) is 4.79 Å². The van der Waals surface area contributed by atoms with Crippen LogP contribution < -0.4 is 5.32 Å². The Labute approximate surface area is 108 Å². The molecule has 0 spiro atoms. The maximum absolute atomic E-state index is 11.9. The van der Waals surface area contributed by atoms with Crippen LogP contribution >= 0.6 is 35.1 Å². The molecule has 0 aliphatic carbocycles. The van der Waals surface area contributed by atoms with Gasteiger partial charge >= 0.3 is 0 Å². The van der Waals surface area contributed by atoms with Crippen LogP contribution in [0.4, 0.5) is 5.82 Å². The second kappa shape index (κ2) is 5.80. The van der Waals surface area contributed by atoms with Crippen molar-refractivity contribution in [1.29, 1.82) is 0 Å². The Hall–Kier alpha value is -0.390. The van der Waals surface area contributed by atoms with Crippen molar-refractivity contribution in [2.75, 3.05) is 22.6 Å². The summed E-state index contributed by atoms with van der Waals surface area (Å²) in [6, 6.07) is 3.45.